The first kappa shape index (κ1) is 14.3. The lowest BCUT2D eigenvalue weighted by molar-refractivity contribution is 1.06. The molecule has 0 spiro atoms. The van der Waals surface area contributed by atoms with Crippen LogP contribution in [-0.4, -0.2) is 16.5 Å². The summed E-state index contributed by atoms with van der Waals surface area (Å²) in [6.45, 7) is 2.98. The van der Waals surface area contributed by atoms with Gasteiger partial charge in [-0.05, 0) is 30.2 Å². The van der Waals surface area contributed by atoms with Crippen molar-refractivity contribution in [2.75, 3.05) is 17.2 Å². The molecule has 0 aliphatic heterocycles. The van der Waals surface area contributed by atoms with Gasteiger partial charge >= 0.3 is 0 Å². The smallest absolute Gasteiger partial charge is 0.132 e. The predicted molar refractivity (Wildman–Crippen MR) is 82.3 cm³/mol. The number of nitriles is 1. The molecule has 0 aliphatic carbocycles. The van der Waals surface area contributed by atoms with Crippen molar-refractivity contribution in [3.8, 4) is 6.07 Å². The molecule has 2 rings (SSSR count). The highest BCUT2D eigenvalue weighted by Gasteiger charge is 2.01. The molecule has 2 aromatic rings. The maximum atomic E-state index is 8.53. The van der Waals surface area contributed by atoms with Crippen molar-refractivity contribution < 1.29 is 0 Å². The molecule has 0 saturated carbocycles. The van der Waals surface area contributed by atoms with Crippen LogP contribution in [-0.2, 0) is 6.54 Å². The minimum Gasteiger partial charge on any atom is -0.366 e. The number of aryl methyl sites for hydroxylation is 1. The van der Waals surface area contributed by atoms with Gasteiger partial charge in [0, 0.05) is 17.1 Å². The van der Waals surface area contributed by atoms with Gasteiger partial charge in [0.05, 0.1) is 6.07 Å². The molecule has 0 aliphatic rings. The zero-order valence-corrected chi connectivity index (χ0v) is 12.6. The third kappa shape index (κ3) is 3.93. The summed E-state index contributed by atoms with van der Waals surface area (Å²) in [4.78, 5) is 8.20. The summed E-state index contributed by atoms with van der Waals surface area (Å²) in [5.74, 6) is 1.36. The number of benzene rings is 1. The lowest BCUT2D eigenvalue weighted by Gasteiger charge is -2.09. The molecule has 1 aromatic carbocycles. The van der Waals surface area contributed by atoms with E-state index < -0.39 is 0 Å². The van der Waals surface area contributed by atoms with Crippen molar-refractivity contribution in [1.29, 1.82) is 5.26 Å². The van der Waals surface area contributed by atoms with E-state index in [1.807, 2.05) is 12.1 Å². The number of hydrogen-bond donors (Lipinski definition) is 2. The third-order valence-electron chi connectivity index (χ3n) is 2.79. The fraction of sp³-hybridized carbons (Fsp3) is 0.214. The number of nitrogens with one attached hydrogen (secondary N) is 2. The van der Waals surface area contributed by atoms with Crippen LogP contribution in [0.25, 0.3) is 0 Å². The zero-order valence-electron chi connectivity index (χ0n) is 11.0. The van der Waals surface area contributed by atoms with E-state index in [2.05, 4.69) is 55.6 Å². The van der Waals surface area contributed by atoms with Crippen LogP contribution < -0.4 is 10.6 Å². The third-order valence-corrected chi connectivity index (χ3v) is 3.28. The maximum absolute atomic E-state index is 8.53. The van der Waals surface area contributed by atoms with Crippen molar-refractivity contribution in [2.24, 2.45) is 0 Å². The summed E-state index contributed by atoms with van der Waals surface area (Å²) in [5.41, 5.74) is 2.42. The lowest BCUT2D eigenvalue weighted by atomic mass is 10.1. The molecule has 20 heavy (non-hydrogen) atoms. The summed E-state index contributed by atoms with van der Waals surface area (Å²) >= 11 is 3.47. The van der Waals surface area contributed by atoms with E-state index in [0.29, 0.717) is 12.4 Å². The highest BCUT2D eigenvalue weighted by Crippen LogP contribution is 2.17. The molecule has 5 nitrogen and oxygen atoms in total. The second-order valence-electron chi connectivity index (χ2n) is 4.22. The standard InChI is InChI=1S/C14H14BrN5/c1-10-2-3-12(15)6-11(10)8-18-14-7-13(17-5-4-16)19-9-20-14/h2-3,6-7,9H,5,8H2,1H3,(H2,17,18,19,20). The van der Waals surface area contributed by atoms with Crippen molar-refractivity contribution in [2.45, 2.75) is 13.5 Å². The molecule has 1 aromatic heterocycles. The molecule has 0 amide bonds. The number of anilines is 2. The van der Waals surface area contributed by atoms with Crippen LogP contribution in [0.5, 0.6) is 0 Å². The molecule has 102 valence electrons. The molecule has 0 unspecified atom stereocenters. The molecule has 0 radical (unpaired) electrons. The van der Waals surface area contributed by atoms with E-state index in [4.69, 9.17) is 5.26 Å². The highest BCUT2D eigenvalue weighted by molar-refractivity contribution is 9.10. The summed E-state index contributed by atoms with van der Waals surface area (Å²) in [5, 5.41) is 14.7. The van der Waals surface area contributed by atoms with Gasteiger partial charge in [0.2, 0.25) is 0 Å². The Kier molecular flexibility index (Phi) is 4.91. The Morgan fingerprint density at radius 1 is 1.20 bits per heavy atom. The number of halogens is 1. The molecule has 0 saturated heterocycles. The van der Waals surface area contributed by atoms with Gasteiger partial charge in [-0.3, -0.25) is 0 Å². The van der Waals surface area contributed by atoms with Crippen LogP contribution in [0.2, 0.25) is 0 Å². The van der Waals surface area contributed by atoms with Gasteiger partial charge in [-0.15, -0.1) is 0 Å². The topological polar surface area (TPSA) is 73.6 Å². The second kappa shape index (κ2) is 6.87. The molecule has 0 fully saturated rings. The fourth-order valence-corrected chi connectivity index (χ4v) is 2.11. The molecule has 1 heterocycles. The zero-order chi connectivity index (χ0) is 14.4. The van der Waals surface area contributed by atoms with Gasteiger partial charge in [0.15, 0.2) is 0 Å². The Morgan fingerprint density at radius 2 is 1.95 bits per heavy atom. The van der Waals surface area contributed by atoms with Crippen molar-refractivity contribution >= 4 is 27.6 Å². The summed E-state index contributed by atoms with van der Waals surface area (Å²) < 4.78 is 1.05. The quantitative estimate of drug-likeness (QED) is 0.823. The Morgan fingerprint density at radius 3 is 2.70 bits per heavy atom. The SMILES string of the molecule is Cc1ccc(Br)cc1CNc1cc(NCC#N)ncn1. The fourth-order valence-electron chi connectivity index (χ4n) is 1.70. The van der Waals surface area contributed by atoms with Gasteiger partial charge in [-0.1, -0.05) is 22.0 Å². The average molecular weight is 332 g/mol. The molecule has 0 atom stereocenters. The highest BCUT2D eigenvalue weighted by atomic mass is 79.9. The number of aromatic nitrogens is 2. The predicted octanol–water partition coefficient (Wildman–Crippen LogP) is 3.10. The van der Waals surface area contributed by atoms with Crippen LogP contribution in [0.3, 0.4) is 0 Å². The van der Waals surface area contributed by atoms with E-state index in [-0.39, 0.29) is 6.54 Å². The van der Waals surface area contributed by atoms with Crippen molar-refractivity contribution in [1.82, 2.24) is 9.97 Å². The molecular weight excluding hydrogens is 318 g/mol. The Hall–Kier alpha value is -2.13. The Labute approximate surface area is 126 Å². The first-order valence-corrected chi connectivity index (χ1v) is 6.90. The Balaban J connectivity index is 2.03. The minimum atomic E-state index is 0.223. The molecule has 0 bridgehead atoms. The number of hydrogen-bond acceptors (Lipinski definition) is 5. The average Bonchev–Trinajstić information content (AvgIpc) is 2.46. The maximum Gasteiger partial charge on any atom is 0.132 e. The lowest BCUT2D eigenvalue weighted by Crippen LogP contribution is -2.06. The van der Waals surface area contributed by atoms with E-state index in [0.717, 1.165) is 10.3 Å². The number of nitrogens with zero attached hydrogens (tertiary/aromatic N) is 3. The molecular formula is C14H14BrN5. The van der Waals surface area contributed by atoms with Crippen LogP contribution in [0.1, 0.15) is 11.1 Å². The van der Waals surface area contributed by atoms with E-state index >= 15 is 0 Å². The first-order valence-electron chi connectivity index (χ1n) is 6.11. The van der Waals surface area contributed by atoms with Gasteiger partial charge in [0.25, 0.3) is 0 Å². The summed E-state index contributed by atoms with van der Waals surface area (Å²) in [7, 11) is 0. The van der Waals surface area contributed by atoms with Crippen LogP contribution >= 0.6 is 15.9 Å². The largest absolute Gasteiger partial charge is 0.366 e. The second-order valence-corrected chi connectivity index (χ2v) is 5.14. The normalized spacial score (nSPS) is 9.85. The van der Waals surface area contributed by atoms with Crippen molar-refractivity contribution in [3.63, 3.8) is 0 Å². The van der Waals surface area contributed by atoms with Crippen LogP contribution in [0, 0.1) is 18.3 Å². The van der Waals surface area contributed by atoms with Gasteiger partial charge in [0.1, 0.15) is 24.5 Å². The molecule has 6 heteroatoms. The monoisotopic (exact) mass is 331 g/mol. The van der Waals surface area contributed by atoms with E-state index in [1.165, 1.54) is 17.5 Å². The van der Waals surface area contributed by atoms with Crippen molar-refractivity contribution in [3.05, 3.63) is 46.2 Å². The van der Waals surface area contributed by atoms with E-state index in [1.54, 1.807) is 6.07 Å². The van der Waals surface area contributed by atoms with Crippen LogP contribution in [0.4, 0.5) is 11.6 Å². The van der Waals surface area contributed by atoms with Gasteiger partial charge < -0.3 is 10.6 Å². The minimum absolute atomic E-state index is 0.223. The molecule has 2 N–H and O–H groups in total. The Bertz CT molecular complexity index is 636. The number of rotatable bonds is 5. The summed E-state index contributed by atoms with van der Waals surface area (Å²) in [6, 6.07) is 9.97. The van der Waals surface area contributed by atoms with Gasteiger partial charge in [-0.2, -0.15) is 5.26 Å². The first-order chi connectivity index (χ1) is 9.69. The van der Waals surface area contributed by atoms with Crippen LogP contribution in [0.15, 0.2) is 35.1 Å². The van der Waals surface area contributed by atoms with E-state index in [9.17, 15) is 0 Å². The van der Waals surface area contributed by atoms with Gasteiger partial charge in [-0.25, -0.2) is 9.97 Å². The summed E-state index contributed by atoms with van der Waals surface area (Å²) in [6.07, 6.45) is 1.47.